The van der Waals surface area contributed by atoms with Crippen LogP contribution in [0.4, 0.5) is 0 Å². The summed E-state index contributed by atoms with van der Waals surface area (Å²) in [6.07, 6.45) is 1.93. The van der Waals surface area contributed by atoms with Crippen molar-refractivity contribution in [1.29, 1.82) is 0 Å². The second kappa shape index (κ2) is 11.2. The van der Waals surface area contributed by atoms with Crippen LogP contribution in [0.15, 0.2) is 23.1 Å². The van der Waals surface area contributed by atoms with Crippen LogP contribution < -0.4 is 14.8 Å². The molecule has 0 amide bonds. The average molecular weight is 413 g/mol. The molecule has 0 bridgehead atoms. The Morgan fingerprint density at radius 2 is 2.12 bits per heavy atom. The van der Waals surface area contributed by atoms with E-state index >= 15 is 0 Å². The van der Waals surface area contributed by atoms with Gasteiger partial charge in [0.2, 0.25) is 10.0 Å². The Morgan fingerprint density at radius 1 is 1.32 bits per heavy atom. The predicted molar refractivity (Wildman–Crippen MR) is 101 cm³/mol. The third kappa shape index (κ3) is 7.29. The summed E-state index contributed by atoms with van der Waals surface area (Å²) in [4.78, 5) is 0.0735. The van der Waals surface area contributed by atoms with Gasteiger partial charge < -0.3 is 14.8 Å². The minimum atomic E-state index is -3.68. The molecule has 1 unspecified atom stereocenters. The Hall–Kier alpha value is -0.570. The largest absolute Gasteiger partial charge is 0.492 e. The molecule has 1 aliphatic rings. The second-order valence-corrected chi connectivity index (χ2v) is 7.95. The molecule has 0 aromatic heterocycles. The lowest BCUT2D eigenvalue weighted by atomic mass is 10.1. The lowest BCUT2D eigenvalue weighted by Crippen LogP contribution is -2.32. The number of rotatable bonds is 10. The van der Waals surface area contributed by atoms with Crippen LogP contribution in [-0.4, -0.2) is 47.9 Å². The lowest BCUT2D eigenvalue weighted by molar-refractivity contribution is 0.166. The Bertz CT molecular complexity index is 623. The standard InChI is InChI=1S/C16H25ClN2O4S.ClH/c1-2-6-18-7-8-19-24(20,21)16-10-14(17)3-4-15(16)23-12-13-5-9-22-11-13;/h3-4,10,13,18-19H,2,5-9,11-12H2,1H3;1H. The zero-order valence-corrected chi connectivity index (χ0v) is 16.7. The molecule has 9 heteroatoms. The highest BCUT2D eigenvalue weighted by molar-refractivity contribution is 7.89. The molecule has 1 fully saturated rings. The molecule has 1 aliphatic heterocycles. The molecule has 1 aromatic rings. The van der Waals surface area contributed by atoms with Crippen LogP contribution in [0.2, 0.25) is 5.02 Å². The minimum Gasteiger partial charge on any atom is -0.492 e. The quantitative estimate of drug-likeness (QED) is 0.577. The van der Waals surface area contributed by atoms with E-state index in [4.69, 9.17) is 21.1 Å². The Balaban J connectivity index is 0.00000312. The van der Waals surface area contributed by atoms with Gasteiger partial charge in [-0.2, -0.15) is 0 Å². The fourth-order valence-electron chi connectivity index (χ4n) is 2.39. The third-order valence-electron chi connectivity index (χ3n) is 3.71. The van der Waals surface area contributed by atoms with Gasteiger partial charge in [-0.15, -0.1) is 12.4 Å². The maximum atomic E-state index is 12.5. The van der Waals surface area contributed by atoms with Crippen LogP contribution in [0.25, 0.3) is 0 Å². The topological polar surface area (TPSA) is 76.7 Å². The summed E-state index contributed by atoms with van der Waals surface area (Å²) in [6, 6.07) is 4.65. The molecule has 25 heavy (non-hydrogen) atoms. The maximum absolute atomic E-state index is 12.5. The zero-order chi connectivity index (χ0) is 17.4. The molecule has 1 aromatic carbocycles. The maximum Gasteiger partial charge on any atom is 0.244 e. The molecular formula is C16H26Cl2N2O4S. The van der Waals surface area contributed by atoms with E-state index in [0.29, 0.717) is 43.0 Å². The molecule has 0 radical (unpaired) electrons. The van der Waals surface area contributed by atoms with Crippen molar-refractivity contribution in [3.63, 3.8) is 0 Å². The van der Waals surface area contributed by atoms with Crippen LogP contribution in [0.1, 0.15) is 19.8 Å². The van der Waals surface area contributed by atoms with E-state index in [2.05, 4.69) is 17.0 Å². The Kier molecular flexibility index (Phi) is 10.1. The summed E-state index contributed by atoms with van der Waals surface area (Å²) in [5.74, 6) is 0.614. The molecule has 1 atom stereocenters. The van der Waals surface area contributed by atoms with Gasteiger partial charge in [0.25, 0.3) is 0 Å². The van der Waals surface area contributed by atoms with Gasteiger partial charge in [-0.3, -0.25) is 0 Å². The number of benzene rings is 1. The smallest absolute Gasteiger partial charge is 0.244 e. The summed E-state index contributed by atoms with van der Waals surface area (Å²) in [7, 11) is -3.68. The lowest BCUT2D eigenvalue weighted by Gasteiger charge is -2.15. The molecule has 6 nitrogen and oxygen atoms in total. The normalized spacial score (nSPS) is 17.3. The third-order valence-corrected chi connectivity index (χ3v) is 5.43. The number of hydrogen-bond donors (Lipinski definition) is 2. The molecule has 0 aliphatic carbocycles. The summed E-state index contributed by atoms with van der Waals surface area (Å²) in [6.45, 7) is 5.61. The van der Waals surface area contributed by atoms with E-state index in [9.17, 15) is 8.42 Å². The Morgan fingerprint density at radius 3 is 2.80 bits per heavy atom. The first-order valence-corrected chi connectivity index (χ1v) is 10.1. The van der Waals surface area contributed by atoms with Gasteiger partial charge in [0.15, 0.2) is 0 Å². The number of sulfonamides is 1. The van der Waals surface area contributed by atoms with Gasteiger partial charge in [0.05, 0.1) is 13.2 Å². The number of nitrogens with one attached hydrogen (secondary N) is 2. The predicted octanol–water partition coefficient (Wildman–Crippen LogP) is 2.46. The number of hydrogen-bond acceptors (Lipinski definition) is 5. The number of halogens is 2. The van der Waals surface area contributed by atoms with E-state index in [-0.39, 0.29) is 17.3 Å². The fourth-order valence-corrected chi connectivity index (χ4v) is 3.82. The van der Waals surface area contributed by atoms with Crippen LogP contribution in [-0.2, 0) is 14.8 Å². The molecule has 144 valence electrons. The molecule has 1 heterocycles. The van der Waals surface area contributed by atoms with Crippen molar-refractivity contribution in [3.8, 4) is 5.75 Å². The average Bonchev–Trinajstić information content (AvgIpc) is 3.07. The first-order chi connectivity index (χ1) is 11.5. The van der Waals surface area contributed by atoms with Crippen LogP contribution in [0.5, 0.6) is 5.75 Å². The Labute approximate surface area is 161 Å². The van der Waals surface area contributed by atoms with Crippen molar-refractivity contribution >= 4 is 34.0 Å². The van der Waals surface area contributed by atoms with Crippen molar-refractivity contribution in [2.45, 2.75) is 24.7 Å². The summed E-state index contributed by atoms with van der Waals surface area (Å²) >= 11 is 5.97. The van der Waals surface area contributed by atoms with Gasteiger partial charge in [-0.05, 0) is 37.6 Å². The summed E-state index contributed by atoms with van der Waals surface area (Å²) < 4.78 is 38.7. The molecule has 0 saturated carbocycles. The molecule has 2 rings (SSSR count). The molecule has 2 N–H and O–H groups in total. The highest BCUT2D eigenvalue weighted by Gasteiger charge is 2.22. The van der Waals surface area contributed by atoms with Crippen molar-refractivity contribution in [2.24, 2.45) is 5.92 Å². The van der Waals surface area contributed by atoms with Gasteiger partial charge in [0.1, 0.15) is 10.6 Å². The summed E-state index contributed by atoms with van der Waals surface area (Å²) in [5, 5.41) is 3.51. The molecule has 1 saturated heterocycles. The van der Waals surface area contributed by atoms with Gasteiger partial charge in [0, 0.05) is 30.6 Å². The van der Waals surface area contributed by atoms with Crippen molar-refractivity contribution in [2.75, 3.05) is 39.5 Å². The number of ether oxygens (including phenoxy) is 2. The molecule has 0 spiro atoms. The van der Waals surface area contributed by atoms with Gasteiger partial charge in [-0.1, -0.05) is 18.5 Å². The molecular weight excluding hydrogens is 387 g/mol. The SMILES string of the molecule is CCCNCCNS(=O)(=O)c1cc(Cl)ccc1OCC1CCOC1.Cl. The van der Waals surface area contributed by atoms with E-state index in [1.165, 1.54) is 6.07 Å². The van der Waals surface area contributed by atoms with E-state index < -0.39 is 10.0 Å². The van der Waals surface area contributed by atoms with Crippen LogP contribution in [0.3, 0.4) is 0 Å². The van der Waals surface area contributed by atoms with E-state index in [0.717, 1.165) is 26.0 Å². The van der Waals surface area contributed by atoms with E-state index in [1.807, 2.05) is 0 Å². The summed E-state index contributed by atoms with van der Waals surface area (Å²) in [5.41, 5.74) is 0. The monoisotopic (exact) mass is 412 g/mol. The highest BCUT2D eigenvalue weighted by Crippen LogP contribution is 2.28. The van der Waals surface area contributed by atoms with Crippen molar-refractivity contribution < 1.29 is 17.9 Å². The van der Waals surface area contributed by atoms with E-state index in [1.54, 1.807) is 12.1 Å². The first-order valence-electron chi connectivity index (χ1n) is 8.23. The zero-order valence-electron chi connectivity index (χ0n) is 14.3. The van der Waals surface area contributed by atoms with Crippen molar-refractivity contribution in [1.82, 2.24) is 10.0 Å². The van der Waals surface area contributed by atoms with Gasteiger partial charge in [-0.25, -0.2) is 13.1 Å². The van der Waals surface area contributed by atoms with Gasteiger partial charge >= 0.3 is 0 Å². The van der Waals surface area contributed by atoms with Crippen LogP contribution in [0, 0.1) is 5.92 Å². The van der Waals surface area contributed by atoms with Crippen molar-refractivity contribution in [3.05, 3.63) is 23.2 Å². The fraction of sp³-hybridized carbons (Fsp3) is 0.625. The van der Waals surface area contributed by atoms with Crippen LogP contribution >= 0.6 is 24.0 Å². The second-order valence-electron chi connectivity index (χ2n) is 5.78. The minimum absolute atomic E-state index is 0. The highest BCUT2D eigenvalue weighted by atomic mass is 35.5. The first kappa shape index (κ1) is 22.5.